The summed E-state index contributed by atoms with van der Waals surface area (Å²) in [6, 6.07) is 1.30. The first-order chi connectivity index (χ1) is 8.48. The third-order valence-electron chi connectivity index (χ3n) is 4.26. The van der Waals surface area contributed by atoms with Gasteiger partial charge in [0.05, 0.1) is 5.60 Å². The minimum atomic E-state index is -0.633. The van der Waals surface area contributed by atoms with Crippen LogP contribution in [-0.2, 0) is 0 Å². The second-order valence-electron chi connectivity index (χ2n) is 6.61. The van der Waals surface area contributed by atoms with E-state index >= 15 is 0 Å². The van der Waals surface area contributed by atoms with E-state index in [1.54, 1.807) is 0 Å². The van der Waals surface area contributed by atoms with Crippen molar-refractivity contribution in [3.8, 4) is 0 Å². The van der Waals surface area contributed by atoms with Crippen molar-refractivity contribution in [3.05, 3.63) is 0 Å². The third kappa shape index (κ3) is 3.67. The molecule has 0 bridgehead atoms. The van der Waals surface area contributed by atoms with Gasteiger partial charge in [0.15, 0.2) is 0 Å². The maximum Gasteiger partial charge on any atom is 0.0869 e. The molecule has 4 nitrogen and oxygen atoms in total. The summed E-state index contributed by atoms with van der Waals surface area (Å²) in [6.45, 7) is 5.84. The topological polar surface area (TPSA) is 38.7 Å². The fourth-order valence-corrected chi connectivity index (χ4v) is 3.57. The van der Waals surface area contributed by atoms with E-state index in [4.69, 9.17) is 0 Å². The molecule has 0 aromatic rings. The van der Waals surface area contributed by atoms with Crippen LogP contribution in [0.5, 0.6) is 0 Å². The second kappa shape index (κ2) is 5.87. The van der Waals surface area contributed by atoms with Gasteiger partial charge >= 0.3 is 0 Å². The molecular weight excluding hydrogens is 226 g/mol. The van der Waals surface area contributed by atoms with Crippen molar-refractivity contribution in [1.29, 1.82) is 0 Å². The number of hydrogen-bond acceptors (Lipinski definition) is 4. The van der Waals surface area contributed by atoms with Crippen molar-refractivity contribution in [2.45, 2.75) is 50.3 Å². The van der Waals surface area contributed by atoms with Gasteiger partial charge in [0.2, 0.25) is 0 Å². The molecular formula is C14H29N3O. The maximum atomic E-state index is 10.3. The van der Waals surface area contributed by atoms with E-state index in [1.165, 1.54) is 38.8 Å². The molecule has 0 spiro atoms. The van der Waals surface area contributed by atoms with Crippen LogP contribution < -0.4 is 5.32 Å². The van der Waals surface area contributed by atoms with Crippen LogP contribution in [0.1, 0.15) is 32.6 Å². The Morgan fingerprint density at radius 3 is 2.78 bits per heavy atom. The van der Waals surface area contributed by atoms with E-state index in [-0.39, 0.29) is 0 Å². The van der Waals surface area contributed by atoms with E-state index in [1.807, 2.05) is 25.9 Å². The Labute approximate surface area is 111 Å². The van der Waals surface area contributed by atoms with E-state index in [2.05, 4.69) is 10.2 Å². The van der Waals surface area contributed by atoms with Gasteiger partial charge in [0, 0.05) is 31.7 Å². The molecule has 0 saturated carbocycles. The van der Waals surface area contributed by atoms with Gasteiger partial charge in [-0.25, -0.2) is 0 Å². The van der Waals surface area contributed by atoms with Crippen LogP contribution in [0.25, 0.3) is 0 Å². The minimum absolute atomic E-state index is 0.582. The van der Waals surface area contributed by atoms with Crippen LogP contribution in [0.2, 0.25) is 0 Å². The van der Waals surface area contributed by atoms with Gasteiger partial charge in [-0.15, -0.1) is 0 Å². The minimum Gasteiger partial charge on any atom is -0.388 e. The summed E-state index contributed by atoms with van der Waals surface area (Å²) in [6.07, 6.45) is 5.30. The summed E-state index contributed by atoms with van der Waals surface area (Å²) >= 11 is 0. The summed E-state index contributed by atoms with van der Waals surface area (Å²) < 4.78 is 0. The number of aliphatic hydroxyl groups is 1. The first-order valence-electron chi connectivity index (χ1n) is 7.32. The predicted molar refractivity (Wildman–Crippen MR) is 74.8 cm³/mol. The quantitative estimate of drug-likeness (QED) is 0.751. The Hall–Kier alpha value is -0.160. The molecule has 3 unspecified atom stereocenters. The molecule has 0 radical (unpaired) electrons. The Kier molecular flexibility index (Phi) is 4.64. The van der Waals surface area contributed by atoms with Crippen molar-refractivity contribution in [3.63, 3.8) is 0 Å². The average Bonchev–Trinajstić information content (AvgIpc) is 2.68. The van der Waals surface area contributed by atoms with Crippen LogP contribution >= 0.6 is 0 Å². The maximum absolute atomic E-state index is 10.3. The molecule has 2 N–H and O–H groups in total. The zero-order valence-corrected chi connectivity index (χ0v) is 12.2. The summed E-state index contributed by atoms with van der Waals surface area (Å²) in [5.74, 6) is 0. The lowest BCUT2D eigenvalue weighted by Crippen LogP contribution is -2.51. The largest absolute Gasteiger partial charge is 0.388 e. The molecule has 4 heteroatoms. The highest BCUT2D eigenvalue weighted by molar-refractivity contribution is 4.95. The lowest BCUT2D eigenvalue weighted by atomic mass is 9.98. The average molecular weight is 255 g/mol. The van der Waals surface area contributed by atoms with Gasteiger partial charge in [-0.3, -0.25) is 4.90 Å². The molecule has 0 aromatic carbocycles. The molecule has 2 heterocycles. The molecule has 0 amide bonds. The van der Waals surface area contributed by atoms with Gasteiger partial charge in [-0.1, -0.05) is 6.42 Å². The van der Waals surface area contributed by atoms with Crippen LogP contribution in [0.15, 0.2) is 0 Å². The molecule has 2 aliphatic heterocycles. The highest BCUT2D eigenvalue weighted by Gasteiger charge is 2.36. The van der Waals surface area contributed by atoms with E-state index in [0.29, 0.717) is 25.2 Å². The number of rotatable bonds is 5. The molecule has 0 aliphatic carbocycles. The molecule has 2 fully saturated rings. The van der Waals surface area contributed by atoms with Crippen molar-refractivity contribution in [2.75, 3.05) is 40.3 Å². The first kappa shape index (κ1) is 14.3. The van der Waals surface area contributed by atoms with Gasteiger partial charge in [0.25, 0.3) is 0 Å². The normalized spacial score (nSPS) is 32.5. The van der Waals surface area contributed by atoms with Crippen molar-refractivity contribution in [2.24, 2.45) is 0 Å². The fraction of sp³-hybridized carbons (Fsp3) is 1.00. The van der Waals surface area contributed by atoms with Crippen LogP contribution in [0.3, 0.4) is 0 Å². The Balaban J connectivity index is 1.79. The summed E-state index contributed by atoms with van der Waals surface area (Å²) in [7, 11) is 4.01. The predicted octanol–water partition coefficient (Wildman–Crippen LogP) is 0.515. The standard InChI is InChI=1S/C14H29N3O/c1-14(18,11-16(2)3)10-15-12-7-9-17-8-5-4-6-13(12)17/h12-13,15,18H,4-11H2,1-3H3. The Morgan fingerprint density at radius 2 is 2.06 bits per heavy atom. The number of likely N-dealkylation sites (N-methyl/N-ethyl adjacent to an activating group) is 1. The van der Waals surface area contributed by atoms with Crippen molar-refractivity contribution >= 4 is 0 Å². The molecule has 2 aliphatic rings. The lowest BCUT2D eigenvalue weighted by Gasteiger charge is -2.34. The van der Waals surface area contributed by atoms with E-state index in [0.717, 1.165) is 0 Å². The van der Waals surface area contributed by atoms with Gasteiger partial charge in [-0.2, -0.15) is 0 Å². The number of piperidine rings is 1. The summed E-state index contributed by atoms with van der Waals surface area (Å²) in [5.41, 5.74) is -0.633. The zero-order valence-electron chi connectivity index (χ0n) is 12.2. The SMILES string of the molecule is CN(C)CC(C)(O)CNC1CCN2CCCCC12. The monoisotopic (exact) mass is 255 g/mol. The number of hydrogen-bond donors (Lipinski definition) is 2. The third-order valence-corrected chi connectivity index (χ3v) is 4.26. The number of nitrogens with one attached hydrogen (secondary N) is 1. The number of nitrogens with zero attached hydrogens (tertiary/aromatic N) is 2. The van der Waals surface area contributed by atoms with Crippen molar-refractivity contribution < 1.29 is 5.11 Å². The molecule has 0 aromatic heterocycles. The number of fused-ring (bicyclic) bond motifs is 1. The molecule has 106 valence electrons. The Morgan fingerprint density at radius 1 is 1.28 bits per heavy atom. The molecule has 2 rings (SSSR count). The fourth-order valence-electron chi connectivity index (χ4n) is 3.57. The summed E-state index contributed by atoms with van der Waals surface area (Å²) in [4.78, 5) is 4.67. The van der Waals surface area contributed by atoms with Crippen LogP contribution in [0, 0.1) is 0 Å². The highest BCUT2D eigenvalue weighted by atomic mass is 16.3. The molecule has 18 heavy (non-hydrogen) atoms. The molecule has 3 atom stereocenters. The molecule has 2 saturated heterocycles. The van der Waals surface area contributed by atoms with Gasteiger partial charge in [0.1, 0.15) is 0 Å². The summed E-state index contributed by atoms with van der Waals surface area (Å²) in [5, 5.41) is 13.9. The zero-order chi connectivity index (χ0) is 13.2. The Bertz CT molecular complexity index is 268. The highest BCUT2D eigenvalue weighted by Crippen LogP contribution is 2.27. The smallest absolute Gasteiger partial charge is 0.0869 e. The van der Waals surface area contributed by atoms with Crippen LogP contribution in [0.4, 0.5) is 0 Å². The first-order valence-corrected chi connectivity index (χ1v) is 7.32. The van der Waals surface area contributed by atoms with Gasteiger partial charge in [-0.05, 0) is 46.8 Å². The van der Waals surface area contributed by atoms with E-state index < -0.39 is 5.60 Å². The van der Waals surface area contributed by atoms with Crippen molar-refractivity contribution in [1.82, 2.24) is 15.1 Å². The van der Waals surface area contributed by atoms with Crippen LogP contribution in [-0.4, -0.2) is 72.9 Å². The van der Waals surface area contributed by atoms with Gasteiger partial charge < -0.3 is 15.3 Å². The second-order valence-corrected chi connectivity index (χ2v) is 6.61. The lowest BCUT2D eigenvalue weighted by molar-refractivity contribution is 0.0294. The van der Waals surface area contributed by atoms with E-state index in [9.17, 15) is 5.11 Å².